The summed E-state index contributed by atoms with van der Waals surface area (Å²) < 4.78 is 62.4. The molecule has 0 aliphatic carbocycles. The molecule has 0 amide bonds. The molecular weight excluding hydrogens is 877 g/mol. The summed E-state index contributed by atoms with van der Waals surface area (Å²) in [4.78, 5) is 12.0. The van der Waals surface area contributed by atoms with Gasteiger partial charge in [-0.3, -0.25) is 4.79 Å². The van der Waals surface area contributed by atoms with E-state index in [0.717, 1.165) is 29.5 Å². The molecule has 12 nitrogen and oxygen atoms in total. The second-order valence-electron chi connectivity index (χ2n) is 17.1. The van der Waals surface area contributed by atoms with Crippen molar-refractivity contribution < 1.29 is 56.9 Å². The molecule has 3 aromatic carbocycles. The Morgan fingerprint density at radius 1 is 0.319 bits per heavy atom. The van der Waals surface area contributed by atoms with Gasteiger partial charge in [-0.2, -0.15) is 0 Å². The summed E-state index contributed by atoms with van der Waals surface area (Å²) in [5.74, 6) is -0.132. The molecule has 12 heteroatoms. The fourth-order valence-corrected chi connectivity index (χ4v) is 7.81. The number of hydrogen-bond acceptors (Lipinski definition) is 12. The molecule has 0 fully saturated rings. The number of unbranched alkanes of at least 4 members (excludes halogenated alkanes) is 14. The smallest absolute Gasteiger partial charge is 0.305 e. The van der Waals surface area contributed by atoms with Gasteiger partial charge in [-0.25, -0.2) is 0 Å². The highest BCUT2D eigenvalue weighted by Gasteiger charge is 2.37. The SMILES string of the molecule is CCCCCCCCCCCCCCCCCC(=O)OCCOCCOCCOCCOCCOCCOCCOCCOCCOCCOC(c1ccccc1)(c1ccccc1)c1ccccc1. The molecule has 3 aromatic rings. The number of carbonyl (C=O) groups is 1. The van der Waals surface area contributed by atoms with Gasteiger partial charge in [0.25, 0.3) is 0 Å². The van der Waals surface area contributed by atoms with E-state index in [2.05, 4.69) is 43.3 Å². The molecule has 390 valence electrons. The van der Waals surface area contributed by atoms with Crippen molar-refractivity contribution in [2.24, 2.45) is 0 Å². The number of carbonyl (C=O) groups excluding carboxylic acids is 1. The average molecular weight is 967 g/mol. The van der Waals surface area contributed by atoms with E-state index in [1.54, 1.807) is 0 Å². The van der Waals surface area contributed by atoms with Crippen LogP contribution in [0, 0.1) is 0 Å². The number of benzene rings is 3. The Morgan fingerprint density at radius 3 is 0.855 bits per heavy atom. The van der Waals surface area contributed by atoms with Crippen LogP contribution in [0.2, 0.25) is 0 Å². The van der Waals surface area contributed by atoms with Crippen LogP contribution in [0.3, 0.4) is 0 Å². The highest BCUT2D eigenvalue weighted by molar-refractivity contribution is 5.69. The first-order valence-corrected chi connectivity index (χ1v) is 26.4. The largest absolute Gasteiger partial charge is 0.463 e. The Labute approximate surface area is 416 Å². The minimum atomic E-state index is -0.756. The zero-order valence-electron chi connectivity index (χ0n) is 42.5. The molecule has 0 atom stereocenters. The van der Waals surface area contributed by atoms with Gasteiger partial charge < -0.3 is 52.1 Å². The van der Waals surface area contributed by atoms with Crippen molar-refractivity contribution >= 4 is 5.97 Å². The van der Waals surface area contributed by atoms with Crippen molar-refractivity contribution in [3.63, 3.8) is 0 Å². The molecule has 0 aliphatic rings. The first kappa shape index (κ1) is 60.0. The predicted octanol–water partition coefficient (Wildman–Crippen LogP) is 10.9. The zero-order valence-corrected chi connectivity index (χ0v) is 42.5. The van der Waals surface area contributed by atoms with Crippen molar-refractivity contribution in [1.29, 1.82) is 0 Å². The first-order valence-electron chi connectivity index (χ1n) is 26.4. The first-order chi connectivity index (χ1) is 34.3. The molecular formula is C57H90O12. The lowest BCUT2D eigenvalue weighted by atomic mass is 9.80. The van der Waals surface area contributed by atoms with Crippen LogP contribution in [-0.4, -0.2) is 138 Å². The predicted molar refractivity (Wildman–Crippen MR) is 273 cm³/mol. The van der Waals surface area contributed by atoms with Crippen LogP contribution >= 0.6 is 0 Å². The van der Waals surface area contributed by atoms with E-state index in [-0.39, 0.29) is 12.6 Å². The number of ether oxygens (including phenoxy) is 11. The van der Waals surface area contributed by atoms with Gasteiger partial charge >= 0.3 is 5.97 Å². The van der Waals surface area contributed by atoms with E-state index in [9.17, 15) is 4.79 Å². The summed E-state index contributed by atoms with van der Waals surface area (Å²) in [6.45, 7) is 11.5. The van der Waals surface area contributed by atoms with Crippen molar-refractivity contribution in [3.8, 4) is 0 Å². The number of esters is 1. The van der Waals surface area contributed by atoms with E-state index in [1.165, 1.54) is 83.5 Å². The van der Waals surface area contributed by atoms with Gasteiger partial charge in [-0.05, 0) is 23.1 Å². The van der Waals surface area contributed by atoms with Crippen molar-refractivity contribution in [2.75, 3.05) is 132 Å². The van der Waals surface area contributed by atoms with Crippen LogP contribution in [-0.2, 0) is 62.5 Å². The zero-order chi connectivity index (χ0) is 48.7. The molecule has 0 aliphatic heterocycles. The summed E-state index contributed by atoms with van der Waals surface area (Å²) in [6, 6.07) is 31.0. The third kappa shape index (κ3) is 30.9. The average Bonchev–Trinajstić information content (AvgIpc) is 3.38. The van der Waals surface area contributed by atoms with Crippen LogP contribution < -0.4 is 0 Å². The monoisotopic (exact) mass is 967 g/mol. The van der Waals surface area contributed by atoms with E-state index in [0.29, 0.717) is 132 Å². The van der Waals surface area contributed by atoms with Gasteiger partial charge in [0.15, 0.2) is 0 Å². The summed E-state index contributed by atoms with van der Waals surface area (Å²) in [7, 11) is 0. The molecule has 0 bridgehead atoms. The molecule has 0 saturated heterocycles. The maximum absolute atomic E-state index is 12.0. The lowest BCUT2D eigenvalue weighted by Gasteiger charge is -2.36. The Hall–Kier alpha value is -3.27. The molecule has 0 heterocycles. The van der Waals surface area contributed by atoms with E-state index < -0.39 is 5.60 Å². The fraction of sp³-hybridized carbons (Fsp3) is 0.667. The Bertz CT molecular complexity index is 1440. The molecule has 0 unspecified atom stereocenters. The van der Waals surface area contributed by atoms with Crippen LogP contribution in [0.25, 0.3) is 0 Å². The topological polar surface area (TPSA) is 119 Å². The Morgan fingerprint density at radius 2 is 0.565 bits per heavy atom. The Balaban J connectivity index is 0.972. The van der Waals surface area contributed by atoms with Crippen molar-refractivity contribution in [3.05, 3.63) is 108 Å². The second-order valence-corrected chi connectivity index (χ2v) is 17.1. The van der Waals surface area contributed by atoms with Gasteiger partial charge in [0.05, 0.1) is 126 Å². The third-order valence-electron chi connectivity index (χ3n) is 11.5. The summed E-state index contributed by atoms with van der Waals surface area (Å²) in [6.07, 6.45) is 20.2. The van der Waals surface area contributed by atoms with Gasteiger partial charge in [0.1, 0.15) is 12.2 Å². The van der Waals surface area contributed by atoms with Gasteiger partial charge in [0, 0.05) is 6.42 Å². The molecule has 3 rings (SSSR count). The van der Waals surface area contributed by atoms with Gasteiger partial charge in [-0.15, -0.1) is 0 Å². The summed E-state index contributed by atoms with van der Waals surface area (Å²) in [5, 5.41) is 0. The van der Waals surface area contributed by atoms with Crippen LogP contribution in [0.5, 0.6) is 0 Å². The van der Waals surface area contributed by atoms with Gasteiger partial charge in [0.2, 0.25) is 0 Å². The molecule has 0 aromatic heterocycles. The van der Waals surface area contributed by atoms with E-state index in [4.69, 9.17) is 52.1 Å². The number of hydrogen-bond donors (Lipinski definition) is 0. The van der Waals surface area contributed by atoms with Crippen molar-refractivity contribution in [1.82, 2.24) is 0 Å². The standard InChI is InChI=1S/C57H90O12/c1-2-3-4-5-6-7-8-9-10-11-12-13-14-15-25-32-56(58)68-51-49-66-47-45-64-43-41-62-39-37-60-35-33-59-34-36-61-38-40-63-42-44-65-46-48-67-50-52-69-57(53-26-19-16-20-27-53,54-28-21-17-22-29-54)55-30-23-18-24-31-55/h16-24,26-31H,2-15,25,32-52H2,1H3. The Kier molecular flexibility index (Phi) is 38.9. The highest BCUT2D eigenvalue weighted by Crippen LogP contribution is 2.40. The minimum Gasteiger partial charge on any atom is -0.463 e. The molecule has 69 heavy (non-hydrogen) atoms. The number of rotatable bonds is 50. The summed E-state index contributed by atoms with van der Waals surface area (Å²) >= 11 is 0. The lowest BCUT2D eigenvalue weighted by molar-refractivity contribution is -0.145. The molecule has 0 saturated carbocycles. The van der Waals surface area contributed by atoms with Crippen LogP contribution in [0.1, 0.15) is 126 Å². The molecule has 0 radical (unpaired) electrons. The van der Waals surface area contributed by atoms with Crippen molar-refractivity contribution in [2.45, 2.75) is 115 Å². The summed E-state index contributed by atoms with van der Waals surface area (Å²) in [5.41, 5.74) is 2.44. The maximum atomic E-state index is 12.0. The van der Waals surface area contributed by atoms with Crippen LogP contribution in [0.4, 0.5) is 0 Å². The minimum absolute atomic E-state index is 0.132. The fourth-order valence-electron chi connectivity index (χ4n) is 7.81. The highest BCUT2D eigenvalue weighted by atomic mass is 16.6. The maximum Gasteiger partial charge on any atom is 0.305 e. The van der Waals surface area contributed by atoms with Gasteiger partial charge in [-0.1, -0.05) is 188 Å². The molecule has 0 N–H and O–H groups in total. The third-order valence-corrected chi connectivity index (χ3v) is 11.5. The lowest BCUT2D eigenvalue weighted by Crippen LogP contribution is -2.34. The quantitative estimate of drug-likeness (QED) is 0.0304. The van der Waals surface area contributed by atoms with Crippen LogP contribution in [0.15, 0.2) is 91.0 Å². The molecule has 0 spiro atoms. The second kappa shape index (κ2) is 44.7. The van der Waals surface area contributed by atoms with E-state index in [1.807, 2.05) is 54.6 Å². The normalized spacial score (nSPS) is 11.7. The van der Waals surface area contributed by atoms with E-state index >= 15 is 0 Å².